The Morgan fingerprint density at radius 2 is 1.32 bits per heavy atom. The Bertz CT molecular complexity index is 812. The maximum absolute atomic E-state index is 14.5. The maximum Gasteiger partial charge on any atom is 0.131 e. The summed E-state index contributed by atoms with van der Waals surface area (Å²) in [6.45, 7) is 2.10. The molecule has 22 heavy (non-hydrogen) atoms. The zero-order valence-electron chi connectivity index (χ0n) is 12.1. The largest absolute Gasteiger partial charge is 0.206 e. The van der Waals surface area contributed by atoms with E-state index in [1.54, 1.807) is 24.3 Å². The molecule has 1 atom stereocenters. The summed E-state index contributed by atoms with van der Waals surface area (Å²) in [6, 6.07) is 19.2. The van der Waals surface area contributed by atoms with Crippen LogP contribution in [-0.4, -0.2) is 6.66 Å². The van der Waals surface area contributed by atoms with E-state index in [1.807, 2.05) is 24.3 Å². The van der Waals surface area contributed by atoms with E-state index in [0.29, 0.717) is 14.1 Å². The SMILES string of the molecule is CPc1ccccc1-c1ccc(-c2ccccc2F)c(F)c1. The van der Waals surface area contributed by atoms with Gasteiger partial charge in [0.1, 0.15) is 11.6 Å². The topological polar surface area (TPSA) is 0 Å². The van der Waals surface area contributed by atoms with Crippen molar-refractivity contribution in [3.8, 4) is 22.3 Å². The molecule has 0 spiro atoms. The van der Waals surface area contributed by atoms with E-state index in [4.69, 9.17) is 0 Å². The van der Waals surface area contributed by atoms with E-state index in [2.05, 4.69) is 12.7 Å². The van der Waals surface area contributed by atoms with Gasteiger partial charge in [-0.25, -0.2) is 8.78 Å². The Balaban J connectivity index is 2.09. The van der Waals surface area contributed by atoms with Crippen molar-refractivity contribution in [2.75, 3.05) is 6.66 Å². The van der Waals surface area contributed by atoms with Crippen molar-refractivity contribution in [3.05, 3.63) is 78.4 Å². The van der Waals surface area contributed by atoms with Crippen LogP contribution in [0.3, 0.4) is 0 Å². The predicted octanol–water partition coefficient (Wildman–Crippen LogP) is 5.23. The lowest BCUT2D eigenvalue weighted by Gasteiger charge is -2.10. The van der Waals surface area contributed by atoms with Gasteiger partial charge in [0.2, 0.25) is 0 Å². The summed E-state index contributed by atoms with van der Waals surface area (Å²) in [7, 11) is 0.637. The molecule has 110 valence electrons. The fraction of sp³-hybridized carbons (Fsp3) is 0.0526. The molecule has 0 saturated heterocycles. The van der Waals surface area contributed by atoms with Gasteiger partial charge in [-0.15, -0.1) is 0 Å². The van der Waals surface area contributed by atoms with Crippen LogP contribution in [0.2, 0.25) is 0 Å². The zero-order valence-corrected chi connectivity index (χ0v) is 13.1. The summed E-state index contributed by atoms with van der Waals surface area (Å²) >= 11 is 0. The lowest BCUT2D eigenvalue weighted by molar-refractivity contribution is 0.616. The highest BCUT2D eigenvalue weighted by Crippen LogP contribution is 2.30. The standard InChI is InChI=1S/C19H15F2P/c1-22-19-9-5-3-6-14(19)13-10-11-16(18(21)12-13)15-7-2-4-8-17(15)20/h2-12,22H,1H3. The average Bonchev–Trinajstić information content (AvgIpc) is 2.55. The monoisotopic (exact) mass is 312 g/mol. The number of hydrogen-bond acceptors (Lipinski definition) is 0. The number of benzene rings is 3. The van der Waals surface area contributed by atoms with Gasteiger partial charge in [-0.2, -0.15) is 0 Å². The van der Waals surface area contributed by atoms with E-state index in [-0.39, 0.29) is 5.56 Å². The summed E-state index contributed by atoms with van der Waals surface area (Å²) in [6.07, 6.45) is 0. The summed E-state index contributed by atoms with van der Waals surface area (Å²) in [4.78, 5) is 0. The summed E-state index contributed by atoms with van der Waals surface area (Å²) in [5, 5.41) is 1.19. The van der Waals surface area contributed by atoms with Crippen molar-refractivity contribution >= 4 is 13.9 Å². The lowest BCUT2D eigenvalue weighted by atomic mass is 9.99. The second-order valence-corrected chi connectivity index (χ2v) is 6.01. The summed E-state index contributed by atoms with van der Waals surface area (Å²) in [5.41, 5.74) is 2.43. The quantitative estimate of drug-likeness (QED) is 0.581. The Morgan fingerprint density at radius 3 is 2.00 bits per heavy atom. The highest BCUT2D eigenvalue weighted by Gasteiger charge is 2.11. The fourth-order valence-corrected chi connectivity index (χ4v) is 3.29. The first kappa shape index (κ1) is 14.9. The zero-order chi connectivity index (χ0) is 15.5. The number of rotatable bonds is 3. The first-order chi connectivity index (χ1) is 10.7. The molecule has 0 aliphatic carbocycles. The van der Waals surface area contributed by atoms with Gasteiger partial charge < -0.3 is 0 Å². The van der Waals surface area contributed by atoms with Crippen molar-refractivity contribution < 1.29 is 8.78 Å². The smallest absolute Gasteiger partial charge is 0.131 e. The molecule has 0 nitrogen and oxygen atoms in total. The summed E-state index contributed by atoms with van der Waals surface area (Å²) < 4.78 is 28.3. The normalized spacial score (nSPS) is 11.2. The van der Waals surface area contributed by atoms with Gasteiger partial charge >= 0.3 is 0 Å². The van der Waals surface area contributed by atoms with Gasteiger partial charge in [-0.05, 0) is 35.2 Å². The Hall–Kier alpha value is -2.05. The lowest BCUT2D eigenvalue weighted by Crippen LogP contribution is -1.99. The van der Waals surface area contributed by atoms with Crippen molar-refractivity contribution in [3.63, 3.8) is 0 Å². The number of halogens is 2. The molecule has 3 aromatic carbocycles. The van der Waals surface area contributed by atoms with Crippen molar-refractivity contribution in [2.24, 2.45) is 0 Å². The molecule has 3 heteroatoms. The van der Waals surface area contributed by atoms with E-state index in [1.165, 1.54) is 17.4 Å². The van der Waals surface area contributed by atoms with Crippen LogP contribution in [0.4, 0.5) is 8.78 Å². The minimum Gasteiger partial charge on any atom is -0.206 e. The molecule has 0 amide bonds. The van der Waals surface area contributed by atoms with Crippen molar-refractivity contribution in [1.29, 1.82) is 0 Å². The molecule has 0 radical (unpaired) electrons. The van der Waals surface area contributed by atoms with Crippen LogP contribution in [0, 0.1) is 11.6 Å². The molecule has 0 aliphatic rings. The van der Waals surface area contributed by atoms with E-state index in [9.17, 15) is 8.78 Å². The second kappa shape index (κ2) is 6.37. The molecule has 1 unspecified atom stereocenters. The molecule has 3 aromatic rings. The first-order valence-corrected chi connectivity index (χ1v) is 8.52. The molecular formula is C19H15F2P. The summed E-state index contributed by atoms with van der Waals surface area (Å²) in [5.74, 6) is -0.818. The van der Waals surface area contributed by atoms with E-state index >= 15 is 0 Å². The van der Waals surface area contributed by atoms with Gasteiger partial charge in [0, 0.05) is 11.1 Å². The maximum atomic E-state index is 14.5. The average molecular weight is 312 g/mol. The van der Waals surface area contributed by atoms with Gasteiger partial charge in [0.25, 0.3) is 0 Å². The molecule has 0 aromatic heterocycles. The Labute approximate surface area is 130 Å². The third-order valence-electron chi connectivity index (χ3n) is 3.64. The molecule has 3 rings (SSSR count). The highest BCUT2D eigenvalue weighted by molar-refractivity contribution is 7.46. The molecule has 0 heterocycles. The van der Waals surface area contributed by atoms with Crippen molar-refractivity contribution in [1.82, 2.24) is 0 Å². The van der Waals surface area contributed by atoms with Crippen LogP contribution in [0.15, 0.2) is 66.7 Å². The fourth-order valence-electron chi connectivity index (χ4n) is 2.53. The van der Waals surface area contributed by atoms with Crippen LogP contribution >= 0.6 is 8.58 Å². The van der Waals surface area contributed by atoms with Crippen LogP contribution in [0.1, 0.15) is 0 Å². The molecule has 0 fully saturated rings. The van der Waals surface area contributed by atoms with E-state index in [0.717, 1.165) is 11.1 Å². The van der Waals surface area contributed by atoms with Crippen LogP contribution in [-0.2, 0) is 0 Å². The minimum atomic E-state index is -0.412. The third kappa shape index (κ3) is 2.80. The van der Waals surface area contributed by atoms with Crippen LogP contribution in [0.5, 0.6) is 0 Å². The van der Waals surface area contributed by atoms with Gasteiger partial charge in [0.05, 0.1) is 0 Å². The van der Waals surface area contributed by atoms with E-state index < -0.39 is 11.6 Å². The molecular weight excluding hydrogens is 297 g/mol. The predicted molar refractivity (Wildman–Crippen MR) is 91.1 cm³/mol. The van der Waals surface area contributed by atoms with Gasteiger partial charge in [-0.3, -0.25) is 0 Å². The minimum absolute atomic E-state index is 0.289. The first-order valence-electron chi connectivity index (χ1n) is 7.02. The molecule has 0 aliphatic heterocycles. The van der Waals surface area contributed by atoms with Crippen LogP contribution in [0.25, 0.3) is 22.3 Å². The molecule has 0 bridgehead atoms. The Morgan fingerprint density at radius 1 is 0.682 bits per heavy atom. The van der Waals surface area contributed by atoms with Crippen LogP contribution < -0.4 is 5.30 Å². The third-order valence-corrected chi connectivity index (χ3v) is 4.62. The highest BCUT2D eigenvalue weighted by atomic mass is 31.1. The number of hydrogen-bond donors (Lipinski definition) is 0. The Kier molecular flexibility index (Phi) is 4.31. The molecule has 0 N–H and O–H groups in total. The van der Waals surface area contributed by atoms with Gasteiger partial charge in [-0.1, -0.05) is 63.2 Å². The second-order valence-electron chi connectivity index (χ2n) is 4.97. The van der Waals surface area contributed by atoms with Crippen molar-refractivity contribution in [2.45, 2.75) is 0 Å². The van der Waals surface area contributed by atoms with Gasteiger partial charge in [0.15, 0.2) is 0 Å². The molecule has 0 saturated carbocycles.